The molecule has 0 saturated heterocycles. The lowest BCUT2D eigenvalue weighted by Gasteiger charge is -2.19. The number of carbonyl (C=O) groups excluding carboxylic acids is 2. The number of amides is 1. The second kappa shape index (κ2) is 7.58. The number of ether oxygens (including phenoxy) is 1. The number of para-hydroxylation sites is 1. The van der Waals surface area contributed by atoms with E-state index in [1.807, 2.05) is 24.3 Å². The standard InChI is InChI=1S/C20H17BrN2O3/c1-23(19(24)13-7-9-15(21)10-8-13)18(20(25)26-2)11-14-12-22-17-6-4-3-5-16(14)17/h3-12,22H,1-2H3. The molecule has 5 nitrogen and oxygen atoms in total. The maximum Gasteiger partial charge on any atom is 0.354 e. The normalized spacial score (nSPS) is 11.4. The molecule has 6 heteroatoms. The van der Waals surface area contributed by atoms with Gasteiger partial charge in [0, 0.05) is 39.7 Å². The van der Waals surface area contributed by atoms with E-state index in [-0.39, 0.29) is 11.6 Å². The predicted octanol–water partition coefficient (Wildman–Crippen LogP) is 4.22. The fraction of sp³-hybridized carbons (Fsp3) is 0.100. The number of benzene rings is 2. The first-order valence-electron chi connectivity index (χ1n) is 7.91. The molecule has 26 heavy (non-hydrogen) atoms. The smallest absolute Gasteiger partial charge is 0.354 e. The van der Waals surface area contributed by atoms with Crippen LogP contribution in [0.2, 0.25) is 0 Å². The van der Waals surface area contributed by atoms with Crippen LogP contribution in [0.1, 0.15) is 15.9 Å². The third kappa shape index (κ3) is 3.55. The summed E-state index contributed by atoms with van der Waals surface area (Å²) < 4.78 is 5.75. The van der Waals surface area contributed by atoms with Gasteiger partial charge in [0.2, 0.25) is 0 Å². The zero-order chi connectivity index (χ0) is 18.7. The van der Waals surface area contributed by atoms with Gasteiger partial charge in [0.25, 0.3) is 5.91 Å². The molecule has 0 spiro atoms. The highest BCUT2D eigenvalue weighted by atomic mass is 79.9. The molecule has 1 N–H and O–H groups in total. The summed E-state index contributed by atoms with van der Waals surface area (Å²) in [5, 5.41) is 0.957. The molecule has 132 valence electrons. The zero-order valence-corrected chi connectivity index (χ0v) is 15.9. The number of rotatable bonds is 4. The number of aromatic nitrogens is 1. The molecule has 3 rings (SSSR count). The van der Waals surface area contributed by atoms with Crippen molar-refractivity contribution in [3.63, 3.8) is 0 Å². The van der Waals surface area contributed by atoms with Gasteiger partial charge in [-0.25, -0.2) is 4.79 Å². The van der Waals surface area contributed by atoms with E-state index in [1.165, 1.54) is 12.0 Å². The van der Waals surface area contributed by atoms with Crippen molar-refractivity contribution in [2.45, 2.75) is 0 Å². The predicted molar refractivity (Wildman–Crippen MR) is 105 cm³/mol. The zero-order valence-electron chi connectivity index (χ0n) is 14.3. The minimum Gasteiger partial charge on any atom is -0.464 e. The van der Waals surface area contributed by atoms with Gasteiger partial charge in [-0.3, -0.25) is 4.79 Å². The number of halogens is 1. The SMILES string of the molecule is COC(=O)C(=Cc1c[nH]c2ccccc12)N(C)C(=O)c1ccc(Br)cc1. The van der Waals surface area contributed by atoms with Gasteiger partial charge < -0.3 is 14.6 Å². The topological polar surface area (TPSA) is 62.4 Å². The number of methoxy groups -OCH3 is 1. The van der Waals surface area contributed by atoms with Crippen LogP contribution in [0.25, 0.3) is 17.0 Å². The van der Waals surface area contributed by atoms with Gasteiger partial charge in [0.15, 0.2) is 0 Å². The summed E-state index contributed by atoms with van der Waals surface area (Å²) in [5.74, 6) is -0.878. The minimum atomic E-state index is -0.580. The first-order valence-corrected chi connectivity index (χ1v) is 8.70. The van der Waals surface area contributed by atoms with Crippen molar-refractivity contribution in [1.82, 2.24) is 9.88 Å². The van der Waals surface area contributed by atoms with Gasteiger partial charge in [0.1, 0.15) is 5.70 Å². The lowest BCUT2D eigenvalue weighted by molar-refractivity contribution is -0.137. The summed E-state index contributed by atoms with van der Waals surface area (Å²) in [6.45, 7) is 0. The Morgan fingerprint density at radius 1 is 1.12 bits per heavy atom. The van der Waals surface area contributed by atoms with Crippen LogP contribution in [-0.4, -0.2) is 35.9 Å². The van der Waals surface area contributed by atoms with Crippen molar-refractivity contribution in [1.29, 1.82) is 0 Å². The Labute approximate surface area is 159 Å². The Kier molecular flexibility index (Phi) is 5.23. The van der Waals surface area contributed by atoms with Gasteiger partial charge >= 0.3 is 5.97 Å². The molecule has 0 radical (unpaired) electrons. The van der Waals surface area contributed by atoms with Crippen molar-refractivity contribution >= 4 is 44.8 Å². The third-order valence-corrected chi connectivity index (χ3v) is 4.59. The highest BCUT2D eigenvalue weighted by molar-refractivity contribution is 9.10. The van der Waals surface area contributed by atoms with Gasteiger partial charge in [-0.1, -0.05) is 34.1 Å². The second-order valence-electron chi connectivity index (χ2n) is 5.68. The molecule has 0 aliphatic carbocycles. The Balaban J connectivity index is 2.01. The quantitative estimate of drug-likeness (QED) is 0.515. The highest BCUT2D eigenvalue weighted by Crippen LogP contribution is 2.22. The molecular weight excluding hydrogens is 396 g/mol. The third-order valence-electron chi connectivity index (χ3n) is 4.07. The summed E-state index contributed by atoms with van der Waals surface area (Å²) in [6.07, 6.45) is 3.45. The molecule has 0 bridgehead atoms. The fourth-order valence-electron chi connectivity index (χ4n) is 2.65. The molecule has 0 fully saturated rings. The second-order valence-corrected chi connectivity index (χ2v) is 6.60. The summed E-state index contributed by atoms with van der Waals surface area (Å²) in [7, 11) is 2.85. The van der Waals surface area contributed by atoms with Crippen LogP contribution < -0.4 is 0 Å². The average Bonchev–Trinajstić information content (AvgIpc) is 3.08. The molecule has 0 aliphatic heterocycles. The van der Waals surface area contributed by atoms with E-state index >= 15 is 0 Å². The number of likely N-dealkylation sites (N-methyl/N-ethyl adjacent to an activating group) is 1. The van der Waals surface area contributed by atoms with Crippen LogP contribution in [-0.2, 0) is 9.53 Å². The fourth-order valence-corrected chi connectivity index (χ4v) is 2.92. The number of esters is 1. The number of hydrogen-bond acceptors (Lipinski definition) is 3. The summed E-state index contributed by atoms with van der Waals surface area (Å²) in [6, 6.07) is 14.7. The van der Waals surface area contributed by atoms with E-state index in [0.717, 1.165) is 20.9 Å². The molecule has 1 aromatic heterocycles. The summed E-state index contributed by atoms with van der Waals surface area (Å²) >= 11 is 3.34. The van der Waals surface area contributed by atoms with Gasteiger partial charge in [-0.05, 0) is 36.4 Å². The molecule has 0 atom stereocenters. The molecule has 0 aliphatic rings. The van der Waals surface area contributed by atoms with Crippen LogP contribution in [0.3, 0.4) is 0 Å². The van der Waals surface area contributed by atoms with E-state index in [1.54, 1.807) is 43.6 Å². The van der Waals surface area contributed by atoms with E-state index in [2.05, 4.69) is 20.9 Å². The molecule has 3 aromatic rings. The molecule has 0 unspecified atom stereocenters. The molecule has 2 aromatic carbocycles. The Morgan fingerprint density at radius 2 is 1.81 bits per heavy atom. The number of carbonyl (C=O) groups is 2. The van der Waals surface area contributed by atoms with Crippen LogP contribution in [0.5, 0.6) is 0 Å². The molecule has 0 saturated carbocycles. The Morgan fingerprint density at radius 3 is 2.50 bits per heavy atom. The van der Waals surface area contributed by atoms with Gasteiger partial charge in [0.05, 0.1) is 7.11 Å². The average molecular weight is 413 g/mol. The summed E-state index contributed by atoms with van der Waals surface area (Å²) in [4.78, 5) is 29.5. The molecular formula is C20H17BrN2O3. The molecule has 1 amide bonds. The number of hydrogen-bond donors (Lipinski definition) is 1. The number of nitrogens with zero attached hydrogens (tertiary/aromatic N) is 1. The Bertz CT molecular complexity index is 990. The van der Waals surface area contributed by atoms with E-state index in [0.29, 0.717) is 5.56 Å². The van der Waals surface area contributed by atoms with Crippen molar-refractivity contribution in [3.05, 3.63) is 76.0 Å². The van der Waals surface area contributed by atoms with Crippen molar-refractivity contribution in [2.75, 3.05) is 14.2 Å². The van der Waals surface area contributed by atoms with Crippen molar-refractivity contribution < 1.29 is 14.3 Å². The first kappa shape index (κ1) is 17.9. The van der Waals surface area contributed by atoms with E-state index in [9.17, 15) is 9.59 Å². The van der Waals surface area contributed by atoms with Crippen LogP contribution in [0.15, 0.2) is 64.9 Å². The highest BCUT2D eigenvalue weighted by Gasteiger charge is 2.22. The number of fused-ring (bicyclic) bond motifs is 1. The Hall–Kier alpha value is -2.86. The van der Waals surface area contributed by atoms with Crippen LogP contribution in [0, 0.1) is 0 Å². The summed E-state index contributed by atoms with van der Waals surface area (Å²) in [5.41, 5.74) is 2.39. The lowest BCUT2D eigenvalue weighted by Crippen LogP contribution is -2.30. The maximum atomic E-state index is 12.8. The van der Waals surface area contributed by atoms with Crippen LogP contribution >= 0.6 is 15.9 Å². The number of aromatic amines is 1. The van der Waals surface area contributed by atoms with Crippen molar-refractivity contribution in [2.24, 2.45) is 0 Å². The first-order chi connectivity index (χ1) is 12.5. The van der Waals surface area contributed by atoms with Crippen molar-refractivity contribution in [3.8, 4) is 0 Å². The molecule has 1 heterocycles. The van der Waals surface area contributed by atoms with Crippen LogP contribution in [0.4, 0.5) is 0 Å². The van der Waals surface area contributed by atoms with Gasteiger partial charge in [-0.15, -0.1) is 0 Å². The van der Waals surface area contributed by atoms with E-state index < -0.39 is 5.97 Å². The maximum absolute atomic E-state index is 12.8. The monoisotopic (exact) mass is 412 g/mol. The number of nitrogens with one attached hydrogen (secondary N) is 1. The number of H-pyrrole nitrogens is 1. The van der Waals surface area contributed by atoms with Gasteiger partial charge in [-0.2, -0.15) is 0 Å². The largest absolute Gasteiger partial charge is 0.464 e. The minimum absolute atomic E-state index is 0.158. The lowest BCUT2D eigenvalue weighted by atomic mass is 10.1. The van der Waals surface area contributed by atoms with E-state index in [4.69, 9.17) is 4.74 Å².